The number of benzene rings is 3. The monoisotopic (exact) mass is 468 g/mol. The van der Waals surface area contributed by atoms with Crippen molar-refractivity contribution in [3.8, 4) is 45.8 Å². The van der Waals surface area contributed by atoms with Crippen LogP contribution in [-0.4, -0.2) is 55.3 Å². The smallest absolute Gasteiger partial charge is 0.262 e. The molecule has 1 aliphatic rings. The first kappa shape index (κ1) is 22.4. The minimum Gasteiger partial charge on any atom is -0.497 e. The van der Waals surface area contributed by atoms with E-state index in [2.05, 4.69) is 23.0 Å². The summed E-state index contributed by atoms with van der Waals surface area (Å²) >= 11 is 0. The van der Waals surface area contributed by atoms with E-state index in [0.29, 0.717) is 33.8 Å². The molecule has 2 heterocycles. The lowest BCUT2D eigenvalue weighted by atomic mass is 10.00. The Kier molecular flexibility index (Phi) is 5.85. The van der Waals surface area contributed by atoms with Crippen molar-refractivity contribution in [3.63, 3.8) is 0 Å². The maximum Gasteiger partial charge on any atom is 0.262 e. The van der Waals surface area contributed by atoms with E-state index < -0.39 is 0 Å². The second-order valence-corrected chi connectivity index (χ2v) is 8.50. The summed E-state index contributed by atoms with van der Waals surface area (Å²) in [6.45, 7) is 1.72. The summed E-state index contributed by atoms with van der Waals surface area (Å²) in [6.07, 6.45) is 0.113. The number of nitrogens with zero attached hydrogens (tertiary/aromatic N) is 3. The van der Waals surface area contributed by atoms with Gasteiger partial charge in [-0.1, -0.05) is 12.1 Å². The van der Waals surface area contributed by atoms with Gasteiger partial charge < -0.3 is 19.2 Å². The zero-order valence-corrected chi connectivity index (χ0v) is 19.7. The normalized spacial score (nSPS) is 13.8. The Morgan fingerprint density at radius 1 is 1.00 bits per heavy atom. The second-order valence-electron chi connectivity index (χ2n) is 8.50. The van der Waals surface area contributed by atoms with Crippen LogP contribution >= 0.6 is 0 Å². The lowest BCUT2D eigenvalue weighted by Crippen LogP contribution is -2.51. The molecule has 35 heavy (non-hydrogen) atoms. The van der Waals surface area contributed by atoms with Crippen molar-refractivity contribution in [2.24, 2.45) is 0 Å². The van der Waals surface area contributed by atoms with Crippen molar-refractivity contribution < 1.29 is 14.2 Å². The molecule has 0 radical (unpaired) electrons. The zero-order chi connectivity index (χ0) is 24.5. The molecule has 1 saturated heterocycles. The molecule has 3 aromatic carbocycles. The average Bonchev–Trinajstić information content (AvgIpc) is 2.87. The molecule has 1 N–H and O–H groups in total. The Labute approximate surface area is 202 Å². The quantitative estimate of drug-likeness (QED) is 0.459. The number of fused-ring (bicyclic) bond motifs is 1. The number of aromatic amines is 1. The molecular formula is C27H24N4O4. The molecule has 4 aromatic rings. The predicted molar refractivity (Wildman–Crippen MR) is 133 cm³/mol. The first-order valence-corrected chi connectivity index (χ1v) is 11.1. The van der Waals surface area contributed by atoms with E-state index in [4.69, 9.17) is 19.2 Å². The summed E-state index contributed by atoms with van der Waals surface area (Å²) in [7, 11) is 5.11. The molecule has 1 aromatic heterocycles. The highest BCUT2D eigenvalue weighted by Crippen LogP contribution is 2.36. The SMILES string of the molecule is COc1cc(OC)c2c(=O)[nH]c(-c3ccc(OC4CN(C)C4)c(-c4ccc(C#N)cc4)c3)nc2c1. The third kappa shape index (κ3) is 4.29. The van der Waals surface area contributed by atoms with Crippen LogP contribution in [0, 0.1) is 11.3 Å². The van der Waals surface area contributed by atoms with Crippen molar-refractivity contribution in [1.82, 2.24) is 14.9 Å². The number of H-pyrrole nitrogens is 1. The molecule has 0 amide bonds. The lowest BCUT2D eigenvalue weighted by Gasteiger charge is -2.36. The van der Waals surface area contributed by atoms with E-state index >= 15 is 0 Å². The summed E-state index contributed by atoms with van der Waals surface area (Å²) < 4.78 is 17.0. The van der Waals surface area contributed by atoms with E-state index in [1.165, 1.54) is 7.11 Å². The van der Waals surface area contributed by atoms with Crippen molar-refractivity contribution in [1.29, 1.82) is 5.26 Å². The van der Waals surface area contributed by atoms with Crippen LogP contribution in [0.25, 0.3) is 33.4 Å². The lowest BCUT2D eigenvalue weighted by molar-refractivity contribution is 0.0392. The molecule has 0 atom stereocenters. The summed E-state index contributed by atoms with van der Waals surface area (Å²) in [4.78, 5) is 22.8. The Bertz CT molecular complexity index is 1500. The number of ether oxygens (including phenoxy) is 3. The van der Waals surface area contributed by atoms with E-state index in [1.54, 1.807) is 31.4 Å². The van der Waals surface area contributed by atoms with Crippen molar-refractivity contribution in [3.05, 3.63) is 70.5 Å². The van der Waals surface area contributed by atoms with Gasteiger partial charge in [0.2, 0.25) is 0 Å². The molecule has 8 heteroatoms. The maximum atomic E-state index is 13.0. The molecule has 0 spiro atoms. The number of hydrogen-bond acceptors (Lipinski definition) is 7. The van der Waals surface area contributed by atoms with Crippen LogP contribution in [0.4, 0.5) is 0 Å². The zero-order valence-electron chi connectivity index (χ0n) is 19.7. The highest BCUT2D eigenvalue weighted by atomic mass is 16.5. The fourth-order valence-electron chi connectivity index (χ4n) is 4.25. The third-order valence-corrected chi connectivity index (χ3v) is 6.10. The predicted octanol–water partition coefficient (Wildman–Crippen LogP) is 3.84. The van der Waals surface area contributed by atoms with Gasteiger partial charge in [0, 0.05) is 36.3 Å². The number of methoxy groups -OCH3 is 2. The number of likely N-dealkylation sites (N-methyl/N-ethyl adjacent to an activating group) is 1. The summed E-state index contributed by atoms with van der Waals surface area (Å²) in [5, 5.41) is 9.54. The van der Waals surface area contributed by atoms with Gasteiger partial charge in [0.05, 0.1) is 31.4 Å². The fraction of sp³-hybridized carbons (Fsp3) is 0.222. The van der Waals surface area contributed by atoms with Crippen molar-refractivity contribution >= 4 is 10.9 Å². The van der Waals surface area contributed by atoms with Crippen LogP contribution in [0.15, 0.2) is 59.4 Å². The van der Waals surface area contributed by atoms with E-state index in [1.807, 2.05) is 30.3 Å². The van der Waals surface area contributed by atoms with Crippen LogP contribution in [0.2, 0.25) is 0 Å². The number of rotatable bonds is 6. The van der Waals surface area contributed by atoms with Gasteiger partial charge in [-0.25, -0.2) is 4.98 Å². The van der Waals surface area contributed by atoms with Crippen LogP contribution < -0.4 is 19.8 Å². The van der Waals surface area contributed by atoms with Gasteiger partial charge in [-0.3, -0.25) is 9.69 Å². The fourth-order valence-corrected chi connectivity index (χ4v) is 4.25. The first-order chi connectivity index (χ1) is 17.0. The van der Waals surface area contributed by atoms with Crippen molar-refractivity contribution in [2.75, 3.05) is 34.4 Å². The maximum absolute atomic E-state index is 13.0. The number of likely N-dealkylation sites (tertiary alicyclic amines) is 1. The first-order valence-electron chi connectivity index (χ1n) is 11.1. The van der Waals surface area contributed by atoms with Gasteiger partial charge in [-0.15, -0.1) is 0 Å². The van der Waals surface area contributed by atoms with Gasteiger partial charge in [0.1, 0.15) is 34.6 Å². The van der Waals surface area contributed by atoms with Gasteiger partial charge in [0.15, 0.2) is 0 Å². The van der Waals surface area contributed by atoms with Gasteiger partial charge in [-0.2, -0.15) is 5.26 Å². The summed E-state index contributed by atoms with van der Waals surface area (Å²) in [5.74, 6) is 2.10. The molecular weight excluding hydrogens is 444 g/mol. The van der Waals surface area contributed by atoms with Crippen LogP contribution in [0.5, 0.6) is 17.2 Å². The van der Waals surface area contributed by atoms with Crippen LogP contribution in [0.3, 0.4) is 0 Å². The number of hydrogen-bond donors (Lipinski definition) is 1. The molecule has 1 aliphatic heterocycles. The molecule has 0 saturated carbocycles. The van der Waals surface area contributed by atoms with Crippen molar-refractivity contribution in [2.45, 2.75) is 6.10 Å². The third-order valence-electron chi connectivity index (χ3n) is 6.10. The van der Waals surface area contributed by atoms with E-state index in [-0.39, 0.29) is 11.7 Å². The largest absolute Gasteiger partial charge is 0.497 e. The average molecular weight is 469 g/mol. The van der Waals surface area contributed by atoms with E-state index in [0.717, 1.165) is 35.5 Å². The number of aromatic nitrogens is 2. The summed E-state index contributed by atoms with van der Waals surface area (Å²) in [6, 6.07) is 18.6. The highest BCUT2D eigenvalue weighted by molar-refractivity contribution is 5.87. The molecule has 1 fully saturated rings. The molecule has 0 bridgehead atoms. The molecule has 8 nitrogen and oxygen atoms in total. The minimum absolute atomic E-state index is 0.113. The second kappa shape index (κ2) is 9.12. The highest BCUT2D eigenvalue weighted by Gasteiger charge is 2.26. The molecule has 0 unspecified atom stereocenters. The van der Waals surface area contributed by atoms with Gasteiger partial charge in [0.25, 0.3) is 5.56 Å². The topological polar surface area (TPSA) is 100 Å². The Hall–Kier alpha value is -4.35. The van der Waals surface area contributed by atoms with Gasteiger partial charge >= 0.3 is 0 Å². The molecule has 5 rings (SSSR count). The van der Waals surface area contributed by atoms with Crippen LogP contribution in [-0.2, 0) is 0 Å². The Morgan fingerprint density at radius 2 is 1.74 bits per heavy atom. The molecule has 0 aliphatic carbocycles. The Morgan fingerprint density at radius 3 is 2.40 bits per heavy atom. The minimum atomic E-state index is -0.303. The standard InChI is InChI=1S/C27H24N4O4/c1-31-14-20(15-31)35-23-9-8-18(10-21(23)17-6-4-16(13-28)5-7-17)26-29-22-11-19(33-2)12-24(34-3)25(22)27(32)30-26/h4-12,20H,14-15H2,1-3H3,(H,29,30,32). The number of nitrogens with one attached hydrogen (secondary N) is 1. The van der Waals surface area contributed by atoms with Crippen LogP contribution in [0.1, 0.15) is 5.56 Å². The van der Waals surface area contributed by atoms with E-state index in [9.17, 15) is 10.1 Å². The number of nitriles is 1. The molecule has 176 valence electrons. The van der Waals surface area contributed by atoms with Gasteiger partial charge in [-0.05, 0) is 42.9 Å². The summed E-state index contributed by atoms with van der Waals surface area (Å²) in [5.41, 5.74) is 3.23. The Balaban J connectivity index is 1.63.